The van der Waals surface area contributed by atoms with Crippen LogP contribution in [0.3, 0.4) is 0 Å². The van der Waals surface area contributed by atoms with Gasteiger partial charge in [0, 0.05) is 30.7 Å². The molecule has 0 radical (unpaired) electrons. The van der Waals surface area contributed by atoms with Crippen LogP contribution in [0.25, 0.3) is 11.0 Å². The van der Waals surface area contributed by atoms with Crippen LogP contribution in [0.4, 0.5) is 0 Å². The number of ether oxygens (including phenoxy) is 2. The predicted octanol–water partition coefficient (Wildman–Crippen LogP) is 3.96. The summed E-state index contributed by atoms with van der Waals surface area (Å²) >= 11 is 12.2. The fourth-order valence-corrected chi connectivity index (χ4v) is 2.95. The highest BCUT2D eigenvalue weighted by atomic mass is 35.5. The second-order valence-corrected chi connectivity index (χ2v) is 6.06. The molecule has 1 fully saturated rings. The van der Waals surface area contributed by atoms with Gasteiger partial charge < -0.3 is 14.5 Å². The van der Waals surface area contributed by atoms with Gasteiger partial charge in [-0.1, -0.05) is 23.2 Å². The number of rotatable bonds is 3. The van der Waals surface area contributed by atoms with E-state index in [1.54, 1.807) is 6.07 Å². The Bertz CT molecular complexity index is 862. The van der Waals surface area contributed by atoms with Crippen LogP contribution < -0.4 is 4.74 Å². The van der Waals surface area contributed by atoms with E-state index in [0.29, 0.717) is 28.4 Å². The topological polar surface area (TPSA) is 72.9 Å². The second-order valence-electron chi connectivity index (χ2n) is 5.26. The number of nitrogens with zero attached hydrogens (tertiary/aromatic N) is 3. The van der Waals surface area contributed by atoms with Crippen molar-refractivity contribution in [2.45, 2.75) is 12.3 Å². The Balaban J connectivity index is 1.68. The summed E-state index contributed by atoms with van der Waals surface area (Å²) in [5, 5.41) is 0.848. The van der Waals surface area contributed by atoms with Crippen LogP contribution >= 0.6 is 23.2 Å². The molecule has 0 bridgehead atoms. The summed E-state index contributed by atoms with van der Waals surface area (Å²) in [7, 11) is 0. The van der Waals surface area contributed by atoms with E-state index in [2.05, 4.69) is 19.9 Å². The molecule has 1 unspecified atom stereocenters. The van der Waals surface area contributed by atoms with Gasteiger partial charge in [0.15, 0.2) is 0 Å². The maximum atomic E-state index is 6.34. The van der Waals surface area contributed by atoms with Gasteiger partial charge in [0.1, 0.15) is 23.1 Å². The zero-order valence-electron chi connectivity index (χ0n) is 11.9. The number of aromatic amines is 1. The van der Waals surface area contributed by atoms with Crippen molar-refractivity contribution in [2.24, 2.45) is 0 Å². The quantitative estimate of drug-likeness (QED) is 0.723. The molecule has 0 aliphatic carbocycles. The normalized spacial score (nSPS) is 17.7. The molecule has 2 aromatic heterocycles. The van der Waals surface area contributed by atoms with Gasteiger partial charge in [0.25, 0.3) is 0 Å². The lowest BCUT2D eigenvalue weighted by molar-refractivity contribution is 0.193. The Morgan fingerprint density at radius 2 is 2.13 bits per heavy atom. The summed E-state index contributed by atoms with van der Waals surface area (Å²) in [5.41, 5.74) is 1.54. The molecular weight excluding hydrogens is 339 g/mol. The molecule has 118 valence electrons. The number of nitrogens with one attached hydrogen (secondary N) is 1. The molecule has 1 saturated heterocycles. The van der Waals surface area contributed by atoms with Crippen molar-refractivity contribution in [1.82, 2.24) is 19.9 Å². The molecule has 23 heavy (non-hydrogen) atoms. The minimum absolute atomic E-state index is 0.281. The molecule has 3 aromatic rings. The molecule has 6 nitrogen and oxygen atoms in total. The third-order valence-electron chi connectivity index (χ3n) is 3.68. The lowest BCUT2D eigenvalue weighted by Gasteiger charge is -2.05. The van der Waals surface area contributed by atoms with E-state index >= 15 is 0 Å². The molecule has 8 heteroatoms. The first-order valence-corrected chi connectivity index (χ1v) is 7.87. The van der Waals surface area contributed by atoms with E-state index in [0.717, 1.165) is 29.9 Å². The molecule has 0 amide bonds. The van der Waals surface area contributed by atoms with E-state index in [4.69, 9.17) is 32.7 Å². The minimum atomic E-state index is 0.281. The maximum Gasteiger partial charge on any atom is 0.223 e. The fraction of sp³-hybridized carbons (Fsp3) is 0.267. The summed E-state index contributed by atoms with van der Waals surface area (Å²) in [5.74, 6) is 2.06. The van der Waals surface area contributed by atoms with Gasteiger partial charge in [-0.3, -0.25) is 0 Å². The van der Waals surface area contributed by atoms with Gasteiger partial charge in [-0.05, 0) is 6.42 Å². The number of benzene rings is 1. The molecule has 1 aliphatic rings. The van der Waals surface area contributed by atoms with E-state index < -0.39 is 0 Å². The van der Waals surface area contributed by atoms with E-state index in [-0.39, 0.29) is 5.92 Å². The van der Waals surface area contributed by atoms with Gasteiger partial charge in [-0.15, -0.1) is 0 Å². The zero-order valence-corrected chi connectivity index (χ0v) is 13.4. The first-order valence-electron chi connectivity index (χ1n) is 7.11. The number of fused-ring (bicyclic) bond motifs is 1. The van der Waals surface area contributed by atoms with Gasteiger partial charge >= 0.3 is 0 Å². The van der Waals surface area contributed by atoms with Crippen LogP contribution in [-0.2, 0) is 4.74 Å². The summed E-state index contributed by atoms with van der Waals surface area (Å²) in [6, 6.07) is 5.06. The SMILES string of the molecule is Clc1cc(Oc2cc(Cl)c3[nH]c(C4CCOC4)nc3c2)ncn1. The van der Waals surface area contributed by atoms with Crippen LogP contribution in [0.15, 0.2) is 24.5 Å². The molecule has 3 heterocycles. The van der Waals surface area contributed by atoms with Crippen LogP contribution in [0.2, 0.25) is 10.2 Å². The van der Waals surface area contributed by atoms with E-state index in [1.807, 2.05) is 6.07 Å². The Morgan fingerprint density at radius 1 is 1.22 bits per heavy atom. The first-order chi connectivity index (χ1) is 11.2. The number of imidazole rings is 1. The molecule has 0 saturated carbocycles. The summed E-state index contributed by atoms with van der Waals surface area (Å²) < 4.78 is 11.1. The van der Waals surface area contributed by atoms with E-state index in [9.17, 15) is 0 Å². The van der Waals surface area contributed by atoms with Gasteiger partial charge in [-0.2, -0.15) is 0 Å². The van der Waals surface area contributed by atoms with Gasteiger partial charge in [0.05, 0.1) is 22.7 Å². The van der Waals surface area contributed by atoms with Crippen molar-refractivity contribution >= 4 is 34.2 Å². The van der Waals surface area contributed by atoms with Crippen molar-refractivity contribution in [3.63, 3.8) is 0 Å². The molecule has 0 spiro atoms. The number of H-pyrrole nitrogens is 1. The lowest BCUT2D eigenvalue weighted by atomic mass is 10.1. The summed E-state index contributed by atoms with van der Waals surface area (Å²) in [4.78, 5) is 15.7. The molecule has 1 atom stereocenters. The Hall–Kier alpha value is -1.89. The largest absolute Gasteiger partial charge is 0.439 e. The molecule has 4 rings (SSSR count). The fourth-order valence-electron chi connectivity index (χ4n) is 2.56. The Morgan fingerprint density at radius 3 is 2.91 bits per heavy atom. The highest BCUT2D eigenvalue weighted by molar-refractivity contribution is 6.35. The maximum absolute atomic E-state index is 6.34. The highest BCUT2D eigenvalue weighted by Gasteiger charge is 2.22. The van der Waals surface area contributed by atoms with Crippen molar-refractivity contribution in [3.05, 3.63) is 40.5 Å². The summed E-state index contributed by atoms with van der Waals surface area (Å²) in [6.45, 7) is 1.44. The number of hydrogen-bond donors (Lipinski definition) is 1. The Labute approximate surface area is 141 Å². The zero-order chi connectivity index (χ0) is 15.8. The Kier molecular flexibility index (Phi) is 3.80. The average Bonchev–Trinajstić information content (AvgIpc) is 3.16. The molecule has 1 N–H and O–H groups in total. The number of halogens is 2. The van der Waals surface area contributed by atoms with Crippen LogP contribution in [0.1, 0.15) is 18.2 Å². The standard InChI is InChI=1S/C15H12Cl2N4O2/c16-10-3-9(23-13-5-12(17)18-7-19-13)4-11-14(10)21-15(20-11)8-1-2-22-6-8/h3-5,7-8H,1-2,6H2,(H,20,21). The third-order valence-corrected chi connectivity index (χ3v) is 4.19. The third kappa shape index (κ3) is 2.97. The van der Waals surface area contributed by atoms with Crippen molar-refractivity contribution in [3.8, 4) is 11.6 Å². The first kappa shape index (κ1) is 14.7. The van der Waals surface area contributed by atoms with Crippen molar-refractivity contribution in [2.75, 3.05) is 13.2 Å². The van der Waals surface area contributed by atoms with Crippen LogP contribution in [0.5, 0.6) is 11.6 Å². The van der Waals surface area contributed by atoms with E-state index in [1.165, 1.54) is 12.4 Å². The monoisotopic (exact) mass is 350 g/mol. The van der Waals surface area contributed by atoms with Crippen molar-refractivity contribution < 1.29 is 9.47 Å². The van der Waals surface area contributed by atoms with Crippen LogP contribution in [-0.4, -0.2) is 33.1 Å². The smallest absolute Gasteiger partial charge is 0.223 e. The highest BCUT2D eigenvalue weighted by Crippen LogP contribution is 2.32. The van der Waals surface area contributed by atoms with Crippen molar-refractivity contribution in [1.29, 1.82) is 0 Å². The predicted molar refractivity (Wildman–Crippen MR) is 86.4 cm³/mol. The summed E-state index contributed by atoms with van der Waals surface area (Å²) in [6.07, 6.45) is 2.30. The second kappa shape index (κ2) is 5.96. The number of hydrogen-bond acceptors (Lipinski definition) is 5. The number of aromatic nitrogens is 4. The molecule has 1 aromatic carbocycles. The van der Waals surface area contributed by atoms with Crippen LogP contribution in [0, 0.1) is 0 Å². The minimum Gasteiger partial charge on any atom is -0.439 e. The molecule has 1 aliphatic heterocycles. The lowest BCUT2D eigenvalue weighted by Crippen LogP contribution is -1.99. The molecular formula is C15H12Cl2N4O2. The van der Waals surface area contributed by atoms with Gasteiger partial charge in [-0.25, -0.2) is 15.0 Å². The van der Waals surface area contributed by atoms with Gasteiger partial charge in [0.2, 0.25) is 5.88 Å². The average molecular weight is 351 g/mol.